The van der Waals surface area contributed by atoms with Crippen LogP contribution in [0.2, 0.25) is 5.02 Å². The molecular formula is C29H34ClN3O5S. The number of hydrogen-bond acceptors (Lipinski definition) is 5. The van der Waals surface area contributed by atoms with E-state index >= 15 is 0 Å². The molecule has 2 amide bonds. The minimum atomic E-state index is -3.56. The quantitative estimate of drug-likeness (QED) is 0.274. The summed E-state index contributed by atoms with van der Waals surface area (Å²) in [6.45, 7) is 2.06. The summed E-state index contributed by atoms with van der Waals surface area (Å²) >= 11 is 6.05. The molecule has 0 fully saturated rings. The summed E-state index contributed by atoms with van der Waals surface area (Å²) in [5, 5.41) is 12.5. The fraction of sp³-hybridized carbons (Fsp3) is 0.310. The Kier molecular flexibility index (Phi) is 11.5. The van der Waals surface area contributed by atoms with E-state index in [0.29, 0.717) is 17.9 Å². The van der Waals surface area contributed by atoms with Crippen LogP contribution in [0.1, 0.15) is 30.0 Å². The number of carbonyl (C=O) groups is 2. The Morgan fingerprint density at radius 1 is 0.923 bits per heavy atom. The maximum Gasteiger partial charge on any atom is 0.243 e. The molecule has 0 spiro atoms. The van der Waals surface area contributed by atoms with Crippen LogP contribution in [0.5, 0.6) is 0 Å². The number of halogens is 1. The van der Waals surface area contributed by atoms with Crippen molar-refractivity contribution in [2.75, 3.05) is 19.7 Å². The topological polar surface area (TPSA) is 116 Å². The van der Waals surface area contributed by atoms with Crippen molar-refractivity contribution in [2.24, 2.45) is 0 Å². The number of aryl methyl sites for hydroxylation is 1. The van der Waals surface area contributed by atoms with Crippen LogP contribution in [0.3, 0.4) is 0 Å². The lowest BCUT2D eigenvalue weighted by atomic mass is 10.0. The summed E-state index contributed by atoms with van der Waals surface area (Å²) in [4.78, 5) is 28.7. The van der Waals surface area contributed by atoms with Gasteiger partial charge in [0.05, 0.1) is 11.5 Å². The molecule has 0 radical (unpaired) electrons. The maximum atomic E-state index is 13.7. The van der Waals surface area contributed by atoms with Gasteiger partial charge in [-0.15, -0.1) is 0 Å². The van der Waals surface area contributed by atoms with E-state index in [1.165, 1.54) is 12.1 Å². The Balaban J connectivity index is 1.85. The molecule has 10 heteroatoms. The van der Waals surface area contributed by atoms with Crippen molar-refractivity contribution in [1.29, 1.82) is 0 Å². The Hall–Kier alpha value is -3.24. The molecule has 0 bridgehead atoms. The Bertz CT molecular complexity index is 1320. The third-order valence-electron chi connectivity index (χ3n) is 6.14. The predicted octanol–water partition coefficient (Wildman–Crippen LogP) is 3.32. The standard InChI is InChI=1S/C29H34ClN3O5S/c1-2-32-39(37,38)26-15-10-22(11-16-26)12-17-28(35)33(21-24-8-13-25(30)14-9-24)27(29(36)31-18-19-34)20-23-6-4-3-5-7-23/h3-11,13-16,27,32,34H,2,12,17-21H2,1H3,(H,31,36). The number of benzene rings is 3. The molecule has 1 atom stereocenters. The van der Waals surface area contributed by atoms with Crippen molar-refractivity contribution in [3.8, 4) is 0 Å². The number of carbonyl (C=O) groups excluding carboxylic acids is 2. The van der Waals surface area contributed by atoms with E-state index in [4.69, 9.17) is 11.6 Å². The minimum Gasteiger partial charge on any atom is -0.395 e. The highest BCUT2D eigenvalue weighted by molar-refractivity contribution is 7.89. The molecule has 8 nitrogen and oxygen atoms in total. The number of sulfonamides is 1. The molecule has 3 N–H and O–H groups in total. The zero-order valence-corrected chi connectivity index (χ0v) is 23.4. The number of hydrogen-bond donors (Lipinski definition) is 3. The average molecular weight is 572 g/mol. The average Bonchev–Trinajstić information content (AvgIpc) is 2.94. The van der Waals surface area contributed by atoms with Crippen LogP contribution in [0, 0.1) is 0 Å². The molecule has 3 rings (SSSR count). The summed E-state index contributed by atoms with van der Waals surface area (Å²) in [5.74, 6) is -0.581. The van der Waals surface area contributed by atoms with Gasteiger partial charge in [0.15, 0.2) is 0 Å². The van der Waals surface area contributed by atoms with Crippen molar-refractivity contribution in [2.45, 2.75) is 43.7 Å². The highest BCUT2D eigenvalue weighted by atomic mass is 35.5. The second kappa shape index (κ2) is 14.8. The summed E-state index contributed by atoms with van der Waals surface area (Å²) in [6, 6.07) is 22.2. The van der Waals surface area contributed by atoms with Crippen molar-refractivity contribution >= 4 is 33.4 Å². The lowest BCUT2D eigenvalue weighted by molar-refractivity contribution is -0.141. The molecule has 208 valence electrons. The van der Waals surface area contributed by atoms with Gasteiger partial charge in [-0.25, -0.2) is 13.1 Å². The van der Waals surface area contributed by atoms with Gasteiger partial charge < -0.3 is 15.3 Å². The predicted molar refractivity (Wildman–Crippen MR) is 152 cm³/mol. The smallest absolute Gasteiger partial charge is 0.243 e. The first kappa shape index (κ1) is 30.3. The van der Waals surface area contributed by atoms with Crippen LogP contribution in [-0.2, 0) is 39.0 Å². The second-order valence-electron chi connectivity index (χ2n) is 9.01. The van der Waals surface area contributed by atoms with Gasteiger partial charge in [0.2, 0.25) is 21.8 Å². The minimum absolute atomic E-state index is 0.0786. The molecule has 1 unspecified atom stereocenters. The molecule has 0 heterocycles. The van der Waals surface area contributed by atoms with Gasteiger partial charge in [-0.3, -0.25) is 9.59 Å². The summed E-state index contributed by atoms with van der Waals surface area (Å²) in [7, 11) is -3.56. The van der Waals surface area contributed by atoms with Crippen molar-refractivity contribution in [3.05, 3.63) is 101 Å². The van der Waals surface area contributed by atoms with Crippen LogP contribution in [-0.4, -0.2) is 56.0 Å². The first-order valence-corrected chi connectivity index (χ1v) is 14.6. The van der Waals surface area contributed by atoms with E-state index in [9.17, 15) is 23.1 Å². The molecule has 3 aromatic carbocycles. The van der Waals surface area contributed by atoms with E-state index in [1.54, 1.807) is 36.1 Å². The van der Waals surface area contributed by atoms with Crippen molar-refractivity contribution in [1.82, 2.24) is 14.9 Å². The number of nitrogens with one attached hydrogen (secondary N) is 2. The van der Waals surface area contributed by atoms with Gasteiger partial charge in [-0.05, 0) is 47.4 Å². The number of rotatable bonds is 14. The fourth-order valence-corrected chi connectivity index (χ4v) is 5.31. The van der Waals surface area contributed by atoms with Crippen LogP contribution < -0.4 is 10.0 Å². The molecular weight excluding hydrogens is 538 g/mol. The fourth-order valence-electron chi connectivity index (χ4n) is 4.14. The van der Waals surface area contributed by atoms with Crippen LogP contribution in [0.4, 0.5) is 0 Å². The third-order valence-corrected chi connectivity index (χ3v) is 7.96. The van der Waals surface area contributed by atoms with Crippen molar-refractivity contribution < 1.29 is 23.1 Å². The first-order valence-electron chi connectivity index (χ1n) is 12.8. The monoisotopic (exact) mass is 571 g/mol. The Morgan fingerprint density at radius 3 is 2.18 bits per heavy atom. The largest absolute Gasteiger partial charge is 0.395 e. The van der Waals surface area contributed by atoms with Crippen LogP contribution in [0.25, 0.3) is 0 Å². The molecule has 39 heavy (non-hydrogen) atoms. The lowest BCUT2D eigenvalue weighted by Gasteiger charge is -2.31. The van der Waals surface area contributed by atoms with E-state index in [0.717, 1.165) is 16.7 Å². The van der Waals surface area contributed by atoms with E-state index in [1.807, 2.05) is 42.5 Å². The molecule has 0 aromatic heterocycles. The van der Waals surface area contributed by atoms with Gasteiger partial charge in [-0.2, -0.15) is 0 Å². The maximum absolute atomic E-state index is 13.7. The SMILES string of the molecule is CCNS(=O)(=O)c1ccc(CCC(=O)N(Cc2ccc(Cl)cc2)C(Cc2ccccc2)C(=O)NCCO)cc1. The summed E-state index contributed by atoms with van der Waals surface area (Å²) in [6.07, 6.45) is 0.785. The Morgan fingerprint density at radius 2 is 1.56 bits per heavy atom. The lowest BCUT2D eigenvalue weighted by Crippen LogP contribution is -2.51. The van der Waals surface area contributed by atoms with Crippen LogP contribution in [0.15, 0.2) is 83.8 Å². The van der Waals surface area contributed by atoms with Gasteiger partial charge >= 0.3 is 0 Å². The molecule has 0 saturated carbocycles. The first-order chi connectivity index (χ1) is 18.7. The van der Waals surface area contributed by atoms with Crippen LogP contribution >= 0.6 is 11.6 Å². The van der Waals surface area contributed by atoms with E-state index in [2.05, 4.69) is 10.0 Å². The van der Waals surface area contributed by atoms with E-state index < -0.39 is 16.1 Å². The van der Waals surface area contributed by atoms with Gasteiger partial charge in [-0.1, -0.05) is 73.1 Å². The number of aliphatic hydroxyl groups excluding tert-OH is 1. The summed E-state index contributed by atoms with van der Waals surface area (Å²) < 4.78 is 26.9. The van der Waals surface area contributed by atoms with Gasteiger partial charge in [0, 0.05) is 37.5 Å². The molecule has 0 aliphatic carbocycles. The zero-order valence-electron chi connectivity index (χ0n) is 21.8. The molecule has 0 saturated heterocycles. The second-order valence-corrected chi connectivity index (χ2v) is 11.2. The number of nitrogens with zero attached hydrogens (tertiary/aromatic N) is 1. The third kappa shape index (κ3) is 9.18. The summed E-state index contributed by atoms with van der Waals surface area (Å²) in [5.41, 5.74) is 2.52. The number of amides is 2. The molecule has 0 aliphatic heterocycles. The van der Waals surface area contributed by atoms with E-state index in [-0.39, 0.29) is 49.4 Å². The van der Waals surface area contributed by atoms with Crippen molar-refractivity contribution in [3.63, 3.8) is 0 Å². The normalized spacial score (nSPS) is 12.1. The highest BCUT2D eigenvalue weighted by Crippen LogP contribution is 2.19. The molecule has 0 aliphatic rings. The number of aliphatic hydroxyl groups is 1. The van der Waals surface area contributed by atoms with Gasteiger partial charge in [0.1, 0.15) is 6.04 Å². The van der Waals surface area contributed by atoms with Gasteiger partial charge in [0.25, 0.3) is 0 Å². The zero-order chi connectivity index (χ0) is 28.3. The molecule has 3 aromatic rings. The Labute approximate surface area is 235 Å². The highest BCUT2D eigenvalue weighted by Gasteiger charge is 2.30.